The number of hydrogen-bond acceptors (Lipinski definition) is 7. The predicted octanol–water partition coefficient (Wildman–Crippen LogP) is 5.29. The third kappa shape index (κ3) is 3.93. The fourth-order valence-corrected chi connectivity index (χ4v) is 3.47. The van der Waals surface area contributed by atoms with Crippen LogP contribution in [0.1, 0.15) is 0 Å². The summed E-state index contributed by atoms with van der Waals surface area (Å²) < 4.78 is 37.8. The molecule has 0 saturated carbocycles. The van der Waals surface area contributed by atoms with Crippen LogP contribution in [0.4, 0.5) is 31.9 Å². The molecule has 0 radical (unpaired) electrons. The number of rotatable bonds is 6. The Labute approximate surface area is 186 Å². The third-order valence-electron chi connectivity index (χ3n) is 5.08. The van der Waals surface area contributed by atoms with Crippen LogP contribution in [0.15, 0.2) is 54.7 Å². The highest BCUT2D eigenvalue weighted by Crippen LogP contribution is 2.36. The molecule has 0 unspecified atom stereocenters. The molecule has 0 atom stereocenters. The number of nitrogens with one attached hydrogen (secondary N) is 3. The van der Waals surface area contributed by atoms with Crippen molar-refractivity contribution in [3.63, 3.8) is 0 Å². The lowest BCUT2D eigenvalue weighted by Gasteiger charge is -2.15. The molecular weight excluding hydrogens is 430 g/mol. The van der Waals surface area contributed by atoms with Crippen molar-refractivity contribution < 1.29 is 18.3 Å². The summed E-state index contributed by atoms with van der Waals surface area (Å²) >= 11 is 0. The van der Waals surface area contributed by atoms with Gasteiger partial charge in [-0.25, -0.2) is 13.8 Å². The minimum atomic E-state index is -0.973. The number of H-pyrrole nitrogens is 1. The Hall–Kier alpha value is -4.47. The van der Waals surface area contributed by atoms with Gasteiger partial charge in [0.15, 0.2) is 23.1 Å². The molecule has 166 valence electrons. The second kappa shape index (κ2) is 8.23. The zero-order valence-electron chi connectivity index (χ0n) is 17.6. The molecule has 3 N–H and O–H groups in total. The number of halogens is 2. The summed E-state index contributed by atoms with van der Waals surface area (Å²) in [5.74, 6) is -0.231. The van der Waals surface area contributed by atoms with Crippen LogP contribution in [0, 0.1) is 11.6 Å². The van der Waals surface area contributed by atoms with Crippen LogP contribution in [0.25, 0.3) is 21.8 Å². The molecule has 0 aliphatic heterocycles. The number of anilines is 4. The summed E-state index contributed by atoms with van der Waals surface area (Å²) in [4.78, 5) is 9.09. The normalized spacial score (nSPS) is 11.0. The predicted molar refractivity (Wildman–Crippen MR) is 122 cm³/mol. The lowest BCUT2D eigenvalue weighted by atomic mass is 10.2. The summed E-state index contributed by atoms with van der Waals surface area (Å²) in [5, 5.41) is 14.8. The smallest absolute Gasteiger partial charge is 0.229 e. The molecule has 0 amide bonds. The molecular formula is C23H18F2N6O2. The Morgan fingerprint density at radius 2 is 1.58 bits per heavy atom. The number of fused-ring (bicyclic) bond motifs is 2. The Bertz CT molecular complexity index is 1490. The maximum absolute atomic E-state index is 13.7. The van der Waals surface area contributed by atoms with Crippen molar-refractivity contribution in [2.24, 2.45) is 0 Å². The molecule has 0 spiro atoms. The summed E-state index contributed by atoms with van der Waals surface area (Å²) in [6.07, 6.45) is 1.72. The highest BCUT2D eigenvalue weighted by molar-refractivity contribution is 5.95. The summed E-state index contributed by atoms with van der Waals surface area (Å²) in [6, 6.07) is 12.7. The van der Waals surface area contributed by atoms with Gasteiger partial charge in [-0.15, -0.1) is 0 Å². The second-order valence-electron chi connectivity index (χ2n) is 7.17. The Morgan fingerprint density at radius 1 is 0.818 bits per heavy atom. The summed E-state index contributed by atoms with van der Waals surface area (Å²) in [7, 11) is 3.08. The Morgan fingerprint density at radius 3 is 2.36 bits per heavy atom. The number of hydrogen-bond donors (Lipinski definition) is 3. The van der Waals surface area contributed by atoms with Gasteiger partial charge in [0.1, 0.15) is 5.82 Å². The first-order valence-corrected chi connectivity index (χ1v) is 9.90. The Kier molecular flexibility index (Phi) is 5.09. The van der Waals surface area contributed by atoms with E-state index in [1.165, 1.54) is 13.2 Å². The molecule has 0 bridgehead atoms. The first kappa shape index (κ1) is 20.4. The van der Waals surface area contributed by atoms with Gasteiger partial charge < -0.3 is 20.1 Å². The molecule has 33 heavy (non-hydrogen) atoms. The second-order valence-corrected chi connectivity index (χ2v) is 7.17. The van der Waals surface area contributed by atoms with Gasteiger partial charge >= 0.3 is 0 Å². The molecule has 10 heteroatoms. The van der Waals surface area contributed by atoms with E-state index in [1.807, 2.05) is 18.2 Å². The van der Waals surface area contributed by atoms with E-state index in [1.54, 1.807) is 25.4 Å². The maximum Gasteiger partial charge on any atom is 0.229 e. The highest BCUT2D eigenvalue weighted by atomic mass is 19.2. The van der Waals surface area contributed by atoms with Gasteiger partial charge in [-0.1, -0.05) is 0 Å². The van der Waals surface area contributed by atoms with Crippen LogP contribution in [-0.2, 0) is 0 Å². The van der Waals surface area contributed by atoms with Crippen LogP contribution in [0.2, 0.25) is 0 Å². The van der Waals surface area contributed by atoms with Gasteiger partial charge in [-0.05, 0) is 36.4 Å². The molecule has 0 aliphatic carbocycles. The van der Waals surface area contributed by atoms with Crippen molar-refractivity contribution in [2.45, 2.75) is 0 Å². The topological polar surface area (TPSA) is 97.0 Å². The highest BCUT2D eigenvalue weighted by Gasteiger charge is 2.15. The maximum atomic E-state index is 13.7. The van der Waals surface area contributed by atoms with E-state index in [4.69, 9.17) is 9.47 Å². The monoisotopic (exact) mass is 448 g/mol. The standard InChI is InChI=1S/C23H18F2N6O2/c1-32-20-9-15-19(10-21(20)33-2)29-23(28-14-3-5-16(24)17(25)8-14)30-22(15)27-13-4-6-18-12(7-13)11-26-31-18/h3-11H,1-2H3,(H,26,31)(H2,27,28,29,30). The number of benzene rings is 3. The molecule has 2 aromatic heterocycles. The van der Waals surface area contributed by atoms with E-state index >= 15 is 0 Å². The quantitative estimate of drug-likeness (QED) is 0.325. The van der Waals surface area contributed by atoms with E-state index in [-0.39, 0.29) is 5.95 Å². The van der Waals surface area contributed by atoms with E-state index in [0.717, 1.165) is 28.7 Å². The minimum absolute atomic E-state index is 0.188. The number of aromatic nitrogens is 4. The van der Waals surface area contributed by atoms with E-state index in [0.29, 0.717) is 33.9 Å². The van der Waals surface area contributed by atoms with Gasteiger partial charge in [0.05, 0.1) is 31.4 Å². The van der Waals surface area contributed by atoms with Crippen molar-refractivity contribution in [1.29, 1.82) is 0 Å². The van der Waals surface area contributed by atoms with Gasteiger partial charge in [-0.3, -0.25) is 5.10 Å². The van der Waals surface area contributed by atoms with Crippen LogP contribution in [0.3, 0.4) is 0 Å². The minimum Gasteiger partial charge on any atom is -0.493 e. The number of ether oxygens (including phenoxy) is 2. The first-order valence-electron chi connectivity index (χ1n) is 9.90. The zero-order chi connectivity index (χ0) is 22.9. The number of nitrogens with zero attached hydrogens (tertiary/aromatic N) is 3. The van der Waals surface area contributed by atoms with Crippen molar-refractivity contribution in [3.05, 3.63) is 66.4 Å². The van der Waals surface area contributed by atoms with E-state index in [9.17, 15) is 8.78 Å². The first-order chi connectivity index (χ1) is 16.0. The van der Waals surface area contributed by atoms with Crippen LogP contribution >= 0.6 is 0 Å². The van der Waals surface area contributed by atoms with Gasteiger partial charge in [0.25, 0.3) is 0 Å². The van der Waals surface area contributed by atoms with Crippen LogP contribution in [-0.4, -0.2) is 34.4 Å². The molecule has 0 aliphatic rings. The van der Waals surface area contributed by atoms with Gasteiger partial charge in [-0.2, -0.15) is 10.1 Å². The van der Waals surface area contributed by atoms with Crippen molar-refractivity contribution in [2.75, 3.05) is 24.9 Å². The van der Waals surface area contributed by atoms with E-state index < -0.39 is 11.6 Å². The summed E-state index contributed by atoms with van der Waals surface area (Å²) in [6.45, 7) is 0. The number of methoxy groups -OCH3 is 2. The zero-order valence-corrected chi connectivity index (χ0v) is 17.6. The Balaban J connectivity index is 1.62. The average Bonchev–Trinajstić information content (AvgIpc) is 3.28. The number of aromatic amines is 1. The lowest BCUT2D eigenvalue weighted by Crippen LogP contribution is -2.03. The molecule has 2 heterocycles. The van der Waals surface area contributed by atoms with Crippen molar-refractivity contribution in [3.8, 4) is 11.5 Å². The largest absolute Gasteiger partial charge is 0.493 e. The molecule has 3 aromatic carbocycles. The van der Waals surface area contributed by atoms with Crippen LogP contribution in [0.5, 0.6) is 11.5 Å². The SMILES string of the molecule is COc1cc2nc(Nc3ccc(F)c(F)c3)nc(Nc3ccc4[nH]ncc4c3)c2cc1OC. The third-order valence-corrected chi connectivity index (χ3v) is 5.08. The van der Waals surface area contributed by atoms with Crippen molar-refractivity contribution in [1.82, 2.24) is 20.2 Å². The molecule has 5 aromatic rings. The molecule has 0 saturated heterocycles. The van der Waals surface area contributed by atoms with Gasteiger partial charge in [0, 0.05) is 34.3 Å². The average molecular weight is 448 g/mol. The molecule has 8 nitrogen and oxygen atoms in total. The fourth-order valence-electron chi connectivity index (χ4n) is 3.47. The van der Waals surface area contributed by atoms with Crippen molar-refractivity contribution >= 4 is 44.9 Å². The van der Waals surface area contributed by atoms with Gasteiger partial charge in [0.2, 0.25) is 5.95 Å². The fraction of sp³-hybridized carbons (Fsp3) is 0.0870. The molecule has 0 fully saturated rings. The van der Waals surface area contributed by atoms with Crippen LogP contribution < -0.4 is 20.1 Å². The lowest BCUT2D eigenvalue weighted by molar-refractivity contribution is 0.356. The van der Waals surface area contributed by atoms with E-state index in [2.05, 4.69) is 30.8 Å². The molecule has 5 rings (SSSR count). The summed E-state index contributed by atoms with van der Waals surface area (Å²) in [5.41, 5.74) is 2.54.